The van der Waals surface area contributed by atoms with Gasteiger partial charge in [-0.25, -0.2) is 0 Å². The Bertz CT molecular complexity index is 195. The summed E-state index contributed by atoms with van der Waals surface area (Å²) in [6.45, 7) is 7.12. The van der Waals surface area contributed by atoms with E-state index >= 15 is 0 Å². The molecule has 0 aliphatic rings. The summed E-state index contributed by atoms with van der Waals surface area (Å²) in [6, 6.07) is 0. The molecule has 0 aliphatic heterocycles. The first-order valence-electron chi connectivity index (χ1n) is 6.05. The third kappa shape index (κ3) is 6.04. The molecule has 0 atom stereocenters. The molecular weight excluding hydrogens is 242 g/mol. The molecule has 0 aromatic rings. The van der Waals surface area contributed by atoms with Crippen molar-refractivity contribution in [3.05, 3.63) is 11.2 Å². The van der Waals surface area contributed by atoms with Crippen LogP contribution in [0.2, 0.25) is 19.2 Å². The van der Waals surface area contributed by atoms with Gasteiger partial charge in [-0.05, 0) is 13.0 Å². The Labute approximate surface area is 106 Å². The largest absolute Gasteiger partial charge is 0.265 e. The maximum Gasteiger partial charge on any atom is 0.265 e. The van der Waals surface area contributed by atoms with E-state index < -0.39 is 6.69 Å². The van der Waals surface area contributed by atoms with E-state index in [-0.39, 0.29) is 0 Å². The van der Waals surface area contributed by atoms with Crippen LogP contribution >= 0.6 is 22.2 Å². The molecule has 0 nitrogen and oxygen atoms in total. The number of hydrogen-bond acceptors (Lipinski definition) is 0. The highest BCUT2D eigenvalue weighted by Gasteiger charge is 2.32. The lowest BCUT2D eigenvalue weighted by Crippen LogP contribution is -2.30. The molecule has 0 unspecified atom stereocenters. The quantitative estimate of drug-likeness (QED) is 0.334. The van der Waals surface area contributed by atoms with Crippen LogP contribution < -0.4 is 0 Å². The van der Waals surface area contributed by atoms with E-state index in [4.69, 9.17) is 22.2 Å². The fourth-order valence-corrected chi connectivity index (χ4v) is 4.91. The van der Waals surface area contributed by atoms with Crippen molar-refractivity contribution in [1.29, 1.82) is 0 Å². The minimum Gasteiger partial charge on any atom is -0.141 e. The van der Waals surface area contributed by atoms with E-state index in [9.17, 15) is 0 Å². The minimum absolute atomic E-state index is 0.591. The first-order valence-corrected chi connectivity index (χ1v) is 10.6. The van der Waals surface area contributed by atoms with Crippen LogP contribution in [0.15, 0.2) is 11.2 Å². The van der Waals surface area contributed by atoms with Gasteiger partial charge in [-0.3, -0.25) is 0 Å². The van der Waals surface area contributed by atoms with Crippen molar-refractivity contribution in [3.8, 4) is 0 Å². The summed E-state index contributed by atoms with van der Waals surface area (Å²) >= 11 is 12.7. The summed E-state index contributed by atoms with van der Waals surface area (Å²) in [4.78, 5) is 0. The molecule has 0 spiro atoms. The Balaban J connectivity index is 4.64. The fraction of sp³-hybridized carbons (Fsp3) is 0.818. The van der Waals surface area contributed by atoms with Crippen LogP contribution in [0.25, 0.3) is 0 Å². The SMILES string of the molecule is CCCC/C=C(/B(CC)CC)[Si](C)(Cl)Cl. The molecule has 0 saturated heterocycles. The normalized spacial score (nSPS) is 13.1. The van der Waals surface area contributed by atoms with Crippen molar-refractivity contribution in [2.75, 3.05) is 0 Å². The maximum atomic E-state index is 6.37. The lowest BCUT2D eigenvalue weighted by molar-refractivity contribution is 0.814. The molecule has 0 heterocycles. The Morgan fingerprint density at radius 3 is 2.07 bits per heavy atom. The van der Waals surface area contributed by atoms with Gasteiger partial charge < -0.3 is 0 Å². The molecule has 0 aliphatic carbocycles. The van der Waals surface area contributed by atoms with Crippen LogP contribution in [0.5, 0.6) is 0 Å². The van der Waals surface area contributed by atoms with Crippen molar-refractivity contribution in [2.45, 2.75) is 59.2 Å². The Morgan fingerprint density at radius 2 is 1.73 bits per heavy atom. The van der Waals surface area contributed by atoms with E-state index in [1.165, 1.54) is 17.9 Å². The average Bonchev–Trinajstić information content (AvgIpc) is 2.16. The van der Waals surface area contributed by atoms with Crippen LogP contribution in [-0.2, 0) is 0 Å². The maximum absolute atomic E-state index is 6.37. The van der Waals surface area contributed by atoms with Gasteiger partial charge >= 0.3 is 0 Å². The molecule has 15 heavy (non-hydrogen) atoms. The summed E-state index contributed by atoms with van der Waals surface area (Å²) < 4.78 is 0. The molecule has 0 radical (unpaired) electrons. The summed E-state index contributed by atoms with van der Waals surface area (Å²) in [5, 5.41) is 1.35. The van der Waals surface area contributed by atoms with Crippen LogP contribution in [0.1, 0.15) is 40.0 Å². The molecule has 0 saturated carbocycles. The van der Waals surface area contributed by atoms with Gasteiger partial charge in [-0.1, -0.05) is 57.4 Å². The zero-order valence-electron chi connectivity index (χ0n) is 10.4. The summed E-state index contributed by atoms with van der Waals surface area (Å²) in [5.41, 5.74) is 0. The number of unbranched alkanes of at least 4 members (excludes halogenated alkanes) is 2. The van der Waals surface area contributed by atoms with E-state index in [1.54, 1.807) is 0 Å². The smallest absolute Gasteiger partial charge is 0.141 e. The molecule has 88 valence electrons. The third-order valence-electron chi connectivity index (χ3n) is 2.85. The summed E-state index contributed by atoms with van der Waals surface area (Å²) in [7, 11) is 0. The molecule has 0 amide bonds. The highest BCUT2D eigenvalue weighted by Crippen LogP contribution is 2.29. The second kappa shape index (κ2) is 7.81. The molecule has 0 rings (SSSR count). The zero-order valence-corrected chi connectivity index (χ0v) is 13.0. The molecule has 0 fully saturated rings. The first-order chi connectivity index (χ1) is 6.97. The van der Waals surface area contributed by atoms with E-state index in [0.717, 1.165) is 19.1 Å². The predicted octanol–water partition coefficient (Wildman–Crippen LogP) is 5.27. The highest BCUT2D eigenvalue weighted by molar-refractivity contribution is 7.50. The molecule has 0 aromatic carbocycles. The van der Waals surface area contributed by atoms with Crippen molar-refractivity contribution in [3.63, 3.8) is 0 Å². The van der Waals surface area contributed by atoms with Crippen molar-refractivity contribution in [1.82, 2.24) is 0 Å². The molecular formula is C11H23BCl2Si. The zero-order chi connectivity index (χ0) is 11.9. The molecule has 0 N–H and O–H groups in total. The van der Waals surface area contributed by atoms with Gasteiger partial charge in [0, 0.05) is 0 Å². The Hall–Kier alpha value is 0.602. The Morgan fingerprint density at radius 1 is 1.20 bits per heavy atom. The van der Waals surface area contributed by atoms with Gasteiger partial charge in [0.25, 0.3) is 6.69 Å². The van der Waals surface area contributed by atoms with Gasteiger partial charge in [0.15, 0.2) is 6.71 Å². The number of halogens is 2. The standard InChI is InChI=1S/C11H23BCl2Si/c1-5-8-9-10-11(15(4,13)14)12(6-2)7-3/h10H,5-9H2,1-4H3/b11-10-. The summed E-state index contributed by atoms with van der Waals surface area (Å²) in [5.74, 6) is 0. The monoisotopic (exact) mass is 264 g/mol. The molecule has 4 heteroatoms. The topological polar surface area (TPSA) is 0 Å². The van der Waals surface area contributed by atoms with Gasteiger partial charge in [0.2, 0.25) is 0 Å². The van der Waals surface area contributed by atoms with Crippen LogP contribution in [0, 0.1) is 0 Å². The van der Waals surface area contributed by atoms with Crippen LogP contribution in [-0.4, -0.2) is 13.4 Å². The molecule has 0 bridgehead atoms. The number of allylic oxidation sites excluding steroid dienone is 1. The second-order valence-corrected chi connectivity index (χ2v) is 11.7. The van der Waals surface area contributed by atoms with E-state index in [2.05, 4.69) is 26.8 Å². The number of hydrogen-bond donors (Lipinski definition) is 0. The van der Waals surface area contributed by atoms with Crippen molar-refractivity contribution in [2.24, 2.45) is 0 Å². The summed E-state index contributed by atoms with van der Waals surface area (Å²) in [6.07, 6.45) is 8.21. The van der Waals surface area contributed by atoms with Gasteiger partial charge in [-0.15, -0.1) is 22.2 Å². The molecule has 0 aromatic heterocycles. The third-order valence-corrected chi connectivity index (χ3v) is 5.79. The van der Waals surface area contributed by atoms with Gasteiger partial charge in [-0.2, -0.15) is 0 Å². The fourth-order valence-electron chi connectivity index (χ4n) is 1.89. The lowest BCUT2D eigenvalue weighted by Gasteiger charge is -2.21. The predicted molar refractivity (Wildman–Crippen MR) is 77.6 cm³/mol. The minimum atomic E-state index is -2.14. The van der Waals surface area contributed by atoms with Crippen LogP contribution in [0.4, 0.5) is 0 Å². The van der Waals surface area contributed by atoms with E-state index in [1.807, 2.05) is 6.55 Å². The van der Waals surface area contributed by atoms with Crippen LogP contribution in [0.3, 0.4) is 0 Å². The van der Waals surface area contributed by atoms with E-state index in [0.29, 0.717) is 6.71 Å². The second-order valence-electron chi connectivity index (χ2n) is 4.20. The lowest BCUT2D eigenvalue weighted by atomic mass is 9.45. The average molecular weight is 265 g/mol. The van der Waals surface area contributed by atoms with Gasteiger partial charge in [0.05, 0.1) is 0 Å². The first kappa shape index (κ1) is 15.6. The Kier molecular flexibility index (Phi) is 8.12. The van der Waals surface area contributed by atoms with Crippen molar-refractivity contribution < 1.29 is 0 Å². The van der Waals surface area contributed by atoms with Gasteiger partial charge in [0.1, 0.15) is 0 Å². The number of rotatable bonds is 7. The van der Waals surface area contributed by atoms with Crippen molar-refractivity contribution >= 4 is 35.6 Å². The highest BCUT2D eigenvalue weighted by atomic mass is 35.7.